The van der Waals surface area contributed by atoms with Crippen molar-refractivity contribution in [3.05, 3.63) is 108 Å². The second kappa shape index (κ2) is 18.1. The highest BCUT2D eigenvalue weighted by Crippen LogP contribution is 2.32. The molecule has 246 valence electrons. The molecule has 0 saturated carbocycles. The van der Waals surface area contributed by atoms with Gasteiger partial charge in [-0.25, -0.2) is 4.79 Å². The van der Waals surface area contributed by atoms with Crippen molar-refractivity contribution in [3.8, 4) is 0 Å². The first-order valence-corrected chi connectivity index (χ1v) is 14.9. The predicted octanol–water partition coefficient (Wildman–Crippen LogP) is 4.15. The van der Waals surface area contributed by atoms with E-state index in [2.05, 4.69) is 0 Å². The van der Waals surface area contributed by atoms with E-state index in [0.717, 1.165) is 16.7 Å². The number of rotatable bonds is 16. The van der Waals surface area contributed by atoms with Gasteiger partial charge in [-0.15, -0.1) is 0 Å². The molecular weight excluding hydrogens is 596 g/mol. The van der Waals surface area contributed by atoms with Crippen LogP contribution in [0.15, 0.2) is 91.0 Å². The van der Waals surface area contributed by atoms with Crippen LogP contribution in [-0.4, -0.2) is 75.5 Å². The third kappa shape index (κ3) is 10.5. The van der Waals surface area contributed by atoms with Crippen LogP contribution in [0.3, 0.4) is 0 Å². The van der Waals surface area contributed by atoms with Crippen LogP contribution in [0.1, 0.15) is 30.0 Å². The van der Waals surface area contributed by atoms with Crippen molar-refractivity contribution in [1.29, 1.82) is 0 Å². The summed E-state index contributed by atoms with van der Waals surface area (Å²) in [6.07, 6.45) is -6.68. The van der Waals surface area contributed by atoms with E-state index in [-0.39, 0.29) is 26.4 Å². The van der Waals surface area contributed by atoms with Crippen LogP contribution in [-0.2, 0) is 72.1 Å². The summed E-state index contributed by atoms with van der Waals surface area (Å²) < 4.78 is 47.1. The number of esters is 3. The Bertz CT molecular complexity index is 1350. The zero-order valence-electron chi connectivity index (χ0n) is 26.2. The van der Waals surface area contributed by atoms with E-state index in [1.165, 1.54) is 21.1 Å². The van der Waals surface area contributed by atoms with Gasteiger partial charge in [-0.05, 0) is 16.7 Å². The van der Waals surface area contributed by atoms with Crippen LogP contribution < -0.4 is 0 Å². The Hall–Kier alpha value is -4.13. The summed E-state index contributed by atoms with van der Waals surface area (Å²) in [5.74, 6) is -2.02. The fourth-order valence-electron chi connectivity index (χ4n) is 4.90. The quantitative estimate of drug-likeness (QED) is 0.166. The summed E-state index contributed by atoms with van der Waals surface area (Å²) in [5.41, 5.74) is 2.66. The van der Waals surface area contributed by atoms with Gasteiger partial charge in [0, 0.05) is 6.92 Å². The van der Waals surface area contributed by atoms with Crippen LogP contribution in [0.4, 0.5) is 0 Å². The Labute approximate surface area is 268 Å². The predicted molar refractivity (Wildman–Crippen MR) is 164 cm³/mol. The lowest BCUT2D eigenvalue weighted by atomic mass is 9.97. The molecule has 3 aromatic carbocycles. The number of hydrogen-bond acceptors (Lipinski definition) is 11. The first kappa shape index (κ1) is 34.7. The maximum Gasteiger partial charge on any atom is 0.335 e. The third-order valence-electron chi connectivity index (χ3n) is 7.24. The molecule has 0 radical (unpaired) electrons. The normalized spacial score (nSPS) is 21.6. The van der Waals surface area contributed by atoms with Gasteiger partial charge in [0.25, 0.3) is 0 Å². The van der Waals surface area contributed by atoms with Gasteiger partial charge >= 0.3 is 17.9 Å². The minimum absolute atomic E-state index is 0.139. The van der Waals surface area contributed by atoms with E-state index < -0.39 is 61.1 Å². The summed E-state index contributed by atoms with van der Waals surface area (Å²) in [7, 11) is 2.39. The highest BCUT2D eigenvalue weighted by atomic mass is 16.7. The molecule has 0 N–H and O–H groups in total. The molecule has 4 rings (SSSR count). The molecule has 1 aliphatic heterocycles. The summed E-state index contributed by atoms with van der Waals surface area (Å²) in [4.78, 5) is 36.9. The van der Waals surface area contributed by atoms with Gasteiger partial charge in [-0.1, -0.05) is 91.0 Å². The molecule has 11 heteroatoms. The van der Waals surface area contributed by atoms with E-state index in [0.29, 0.717) is 0 Å². The molecule has 0 aromatic heterocycles. The monoisotopic (exact) mass is 636 g/mol. The maximum atomic E-state index is 12.8. The van der Waals surface area contributed by atoms with Gasteiger partial charge in [0.15, 0.2) is 12.4 Å². The van der Waals surface area contributed by atoms with Crippen molar-refractivity contribution in [2.24, 2.45) is 0 Å². The zero-order valence-corrected chi connectivity index (χ0v) is 26.2. The lowest BCUT2D eigenvalue weighted by Crippen LogP contribution is -2.62. The third-order valence-corrected chi connectivity index (χ3v) is 7.24. The van der Waals surface area contributed by atoms with Crippen LogP contribution in [0.5, 0.6) is 0 Å². The molecule has 1 saturated heterocycles. The molecule has 1 aliphatic rings. The van der Waals surface area contributed by atoms with Crippen molar-refractivity contribution in [2.75, 3.05) is 20.8 Å². The van der Waals surface area contributed by atoms with Gasteiger partial charge in [-0.3, -0.25) is 9.59 Å². The zero-order chi connectivity index (χ0) is 32.7. The fraction of sp³-hybridized carbons (Fsp3) is 0.400. The molecule has 1 heterocycles. The second-order valence-corrected chi connectivity index (χ2v) is 10.6. The number of carbonyl (C=O) groups excluding carboxylic acids is 3. The van der Waals surface area contributed by atoms with Gasteiger partial charge in [-0.2, -0.15) is 0 Å². The highest BCUT2D eigenvalue weighted by molar-refractivity contribution is 5.81. The molecule has 11 nitrogen and oxygen atoms in total. The minimum Gasteiger partial charge on any atom is -0.469 e. The first-order chi connectivity index (χ1) is 22.4. The topological polar surface area (TPSA) is 125 Å². The molecule has 3 unspecified atom stereocenters. The second-order valence-electron chi connectivity index (χ2n) is 10.6. The van der Waals surface area contributed by atoms with E-state index in [4.69, 9.17) is 37.9 Å². The van der Waals surface area contributed by atoms with Crippen LogP contribution >= 0.6 is 0 Å². The largest absolute Gasteiger partial charge is 0.469 e. The number of carbonyl (C=O) groups is 3. The van der Waals surface area contributed by atoms with E-state index >= 15 is 0 Å². The molecule has 0 aliphatic carbocycles. The van der Waals surface area contributed by atoms with E-state index in [1.54, 1.807) is 0 Å². The Morgan fingerprint density at radius 1 is 0.674 bits per heavy atom. The van der Waals surface area contributed by atoms with Gasteiger partial charge in [0.1, 0.15) is 31.0 Å². The Morgan fingerprint density at radius 3 is 1.61 bits per heavy atom. The molecule has 1 fully saturated rings. The summed E-state index contributed by atoms with van der Waals surface area (Å²) in [5, 5.41) is 0. The molecule has 0 bridgehead atoms. The van der Waals surface area contributed by atoms with Gasteiger partial charge in [0.2, 0.25) is 0 Å². The number of hydrogen-bond donors (Lipinski definition) is 0. The number of benzene rings is 3. The maximum absolute atomic E-state index is 12.8. The molecule has 0 amide bonds. The lowest BCUT2D eigenvalue weighted by Gasteiger charge is -2.46. The molecule has 6 atom stereocenters. The average Bonchev–Trinajstić information content (AvgIpc) is 3.09. The van der Waals surface area contributed by atoms with Crippen LogP contribution in [0.25, 0.3) is 0 Å². The number of ether oxygens (including phenoxy) is 8. The Balaban J connectivity index is 1.72. The number of methoxy groups -OCH3 is 2. The molecular formula is C35H40O11. The molecule has 3 aromatic rings. The van der Waals surface area contributed by atoms with Gasteiger partial charge in [0.05, 0.1) is 40.5 Å². The van der Waals surface area contributed by atoms with Crippen molar-refractivity contribution in [3.63, 3.8) is 0 Å². The standard InChI is InChI=1S/C35H40O11/c1-24(36)41-23-29-31(42-20-25-13-7-4-8-14-25)32(43-21-26-15-9-5-10-16-26)33(44-22-27-17-11-6-12-18-27)35(46-29)45-28(34(38)40-3)19-30(37)39-2/h4-18,28-29,31-33,35H,19-23H2,1-3H3/t28-,29?,31-,32?,33?,35+/m0/s1. The summed E-state index contributed by atoms with van der Waals surface area (Å²) in [6.45, 7) is 1.60. The van der Waals surface area contributed by atoms with Crippen molar-refractivity contribution >= 4 is 17.9 Å². The van der Waals surface area contributed by atoms with Crippen molar-refractivity contribution < 1.29 is 52.3 Å². The lowest BCUT2D eigenvalue weighted by molar-refractivity contribution is -0.333. The molecule has 46 heavy (non-hydrogen) atoms. The van der Waals surface area contributed by atoms with Crippen molar-refractivity contribution in [1.82, 2.24) is 0 Å². The Kier molecular flexibility index (Phi) is 13.7. The van der Waals surface area contributed by atoms with Crippen molar-refractivity contribution in [2.45, 2.75) is 70.0 Å². The van der Waals surface area contributed by atoms with Crippen LogP contribution in [0.2, 0.25) is 0 Å². The fourth-order valence-corrected chi connectivity index (χ4v) is 4.90. The first-order valence-electron chi connectivity index (χ1n) is 14.9. The Morgan fingerprint density at radius 2 is 1.15 bits per heavy atom. The average molecular weight is 637 g/mol. The van der Waals surface area contributed by atoms with Gasteiger partial charge < -0.3 is 37.9 Å². The van der Waals surface area contributed by atoms with E-state index in [9.17, 15) is 14.4 Å². The van der Waals surface area contributed by atoms with E-state index in [1.807, 2.05) is 91.0 Å². The molecule has 0 spiro atoms. The SMILES string of the molecule is COC(=O)C[C@H](O[C@@H]1OC(COC(C)=O)[C@H](OCc2ccccc2)C(OCc2ccccc2)C1OCc1ccccc1)C(=O)OC. The highest BCUT2D eigenvalue weighted by Gasteiger charge is 2.50. The smallest absolute Gasteiger partial charge is 0.335 e. The summed E-state index contributed by atoms with van der Waals surface area (Å²) in [6, 6.07) is 28.6. The van der Waals surface area contributed by atoms with Crippen LogP contribution in [0, 0.1) is 0 Å². The summed E-state index contributed by atoms with van der Waals surface area (Å²) >= 11 is 0. The minimum atomic E-state index is -1.39.